The molecule has 1 aromatic carbocycles. The molecule has 0 aliphatic carbocycles. The Morgan fingerprint density at radius 3 is 2.52 bits per heavy atom. The van der Waals surface area contributed by atoms with E-state index in [2.05, 4.69) is 0 Å². The summed E-state index contributed by atoms with van der Waals surface area (Å²) in [5.41, 5.74) is 1.43. The van der Waals surface area contributed by atoms with Crippen molar-refractivity contribution in [1.29, 1.82) is 0 Å². The molecule has 1 atom stereocenters. The van der Waals surface area contributed by atoms with E-state index in [1.165, 1.54) is 6.92 Å². The number of Topliss-reactive ketones (excluding diaryl/α,β-unsaturated/α-hetero) is 1. The quantitative estimate of drug-likeness (QED) is 0.746. The number of hydrogen-bond acceptors (Lipinski definition) is 4. The van der Waals surface area contributed by atoms with Crippen LogP contribution < -0.4 is 4.74 Å². The molecule has 5 nitrogen and oxygen atoms in total. The van der Waals surface area contributed by atoms with Crippen LogP contribution in [0.25, 0.3) is 0 Å². The van der Waals surface area contributed by atoms with Gasteiger partial charge in [0.25, 0.3) is 0 Å². The molecule has 0 aliphatic rings. The molecule has 5 heteroatoms. The molecular formula is C16H23NO4. The summed E-state index contributed by atoms with van der Waals surface area (Å²) in [5, 5.41) is 9.05. The van der Waals surface area contributed by atoms with Crippen LogP contribution in [0.3, 0.4) is 0 Å². The third-order valence-corrected chi connectivity index (χ3v) is 3.61. The van der Waals surface area contributed by atoms with Crippen LogP contribution in [0.4, 0.5) is 0 Å². The van der Waals surface area contributed by atoms with E-state index in [0.717, 1.165) is 12.0 Å². The average molecular weight is 293 g/mol. The minimum absolute atomic E-state index is 0.0211. The molecule has 0 saturated heterocycles. The van der Waals surface area contributed by atoms with Crippen molar-refractivity contribution >= 4 is 11.8 Å². The summed E-state index contributed by atoms with van der Waals surface area (Å²) in [7, 11) is 1.57. The molecule has 1 unspecified atom stereocenters. The zero-order valence-corrected chi connectivity index (χ0v) is 13.0. The van der Waals surface area contributed by atoms with Crippen molar-refractivity contribution in [2.45, 2.75) is 39.8 Å². The smallest absolute Gasteiger partial charge is 0.317 e. The predicted octanol–water partition coefficient (Wildman–Crippen LogP) is 2.58. The van der Waals surface area contributed by atoms with Crippen molar-refractivity contribution in [2.24, 2.45) is 0 Å². The molecule has 0 amide bonds. The van der Waals surface area contributed by atoms with Gasteiger partial charge < -0.3 is 9.84 Å². The van der Waals surface area contributed by atoms with Crippen LogP contribution >= 0.6 is 0 Å². The summed E-state index contributed by atoms with van der Waals surface area (Å²) in [6.45, 7) is 5.91. The third-order valence-electron chi connectivity index (χ3n) is 3.61. The Bertz CT molecular complexity index is 513. The number of aliphatic carboxylic acids is 1. The van der Waals surface area contributed by atoms with Gasteiger partial charge in [0.15, 0.2) is 5.78 Å². The van der Waals surface area contributed by atoms with E-state index in [9.17, 15) is 9.59 Å². The summed E-state index contributed by atoms with van der Waals surface area (Å²) in [5.74, 6) is -0.220. The van der Waals surface area contributed by atoms with Gasteiger partial charge in [-0.1, -0.05) is 6.92 Å². The number of rotatable bonds is 8. The number of methoxy groups -OCH3 is 1. The Morgan fingerprint density at radius 1 is 1.38 bits per heavy atom. The van der Waals surface area contributed by atoms with Crippen LogP contribution in [0.15, 0.2) is 18.2 Å². The second kappa shape index (κ2) is 7.78. The molecule has 21 heavy (non-hydrogen) atoms. The number of benzene rings is 1. The number of ether oxygens (including phenoxy) is 1. The number of carboxylic acids is 1. The lowest BCUT2D eigenvalue weighted by molar-refractivity contribution is -0.139. The number of carboxylic acid groups (broad SMARTS) is 1. The molecule has 1 aromatic rings. The standard InChI is InChI=1S/C16H23NO4/c1-5-11(2)17(10-16(19)20)9-14-8-13(12(3)18)6-7-15(14)21-4/h6-8,11H,5,9-10H2,1-4H3,(H,19,20). The summed E-state index contributed by atoms with van der Waals surface area (Å²) in [6, 6.07) is 5.38. The van der Waals surface area contributed by atoms with Gasteiger partial charge in [0.2, 0.25) is 0 Å². The van der Waals surface area contributed by atoms with Crippen molar-refractivity contribution in [3.05, 3.63) is 29.3 Å². The largest absolute Gasteiger partial charge is 0.496 e. The van der Waals surface area contributed by atoms with Gasteiger partial charge in [-0.3, -0.25) is 14.5 Å². The molecular weight excluding hydrogens is 270 g/mol. The molecule has 0 aromatic heterocycles. The van der Waals surface area contributed by atoms with Crippen molar-refractivity contribution in [3.63, 3.8) is 0 Å². The zero-order valence-electron chi connectivity index (χ0n) is 13.0. The highest BCUT2D eigenvalue weighted by Gasteiger charge is 2.18. The van der Waals surface area contributed by atoms with Gasteiger partial charge in [0.1, 0.15) is 5.75 Å². The van der Waals surface area contributed by atoms with Crippen LogP contribution in [0.2, 0.25) is 0 Å². The highest BCUT2D eigenvalue weighted by molar-refractivity contribution is 5.94. The first-order valence-corrected chi connectivity index (χ1v) is 7.02. The SMILES string of the molecule is CCC(C)N(CC(=O)O)Cc1cc(C(C)=O)ccc1OC. The van der Waals surface area contributed by atoms with E-state index in [-0.39, 0.29) is 18.4 Å². The highest BCUT2D eigenvalue weighted by Crippen LogP contribution is 2.23. The zero-order chi connectivity index (χ0) is 16.0. The molecule has 0 spiro atoms. The molecule has 0 bridgehead atoms. The fraction of sp³-hybridized carbons (Fsp3) is 0.500. The monoisotopic (exact) mass is 293 g/mol. The summed E-state index contributed by atoms with van der Waals surface area (Å²) >= 11 is 0. The molecule has 0 heterocycles. The first-order chi connectivity index (χ1) is 9.88. The number of carbonyl (C=O) groups is 2. The molecule has 1 N–H and O–H groups in total. The fourth-order valence-electron chi connectivity index (χ4n) is 2.14. The Labute approximate surface area is 125 Å². The average Bonchev–Trinajstić information content (AvgIpc) is 2.45. The summed E-state index contributed by atoms with van der Waals surface area (Å²) in [4.78, 5) is 24.4. The summed E-state index contributed by atoms with van der Waals surface area (Å²) in [6.07, 6.45) is 0.849. The number of hydrogen-bond donors (Lipinski definition) is 1. The second-order valence-corrected chi connectivity index (χ2v) is 5.14. The fourth-order valence-corrected chi connectivity index (χ4v) is 2.14. The molecule has 116 valence electrons. The van der Waals surface area contributed by atoms with Crippen molar-refractivity contribution in [2.75, 3.05) is 13.7 Å². The van der Waals surface area contributed by atoms with E-state index in [0.29, 0.717) is 17.9 Å². The first kappa shape index (κ1) is 17.2. The number of carbonyl (C=O) groups excluding carboxylic acids is 1. The Kier molecular flexibility index (Phi) is 6.37. The first-order valence-electron chi connectivity index (χ1n) is 7.02. The van der Waals surface area contributed by atoms with E-state index in [1.54, 1.807) is 25.3 Å². The van der Waals surface area contributed by atoms with E-state index < -0.39 is 5.97 Å². The second-order valence-electron chi connectivity index (χ2n) is 5.14. The van der Waals surface area contributed by atoms with Gasteiger partial charge >= 0.3 is 5.97 Å². The van der Waals surface area contributed by atoms with Crippen LogP contribution in [0.1, 0.15) is 43.1 Å². The van der Waals surface area contributed by atoms with Crippen LogP contribution in [0.5, 0.6) is 5.75 Å². The maximum absolute atomic E-state index is 11.5. The van der Waals surface area contributed by atoms with Gasteiger partial charge in [-0.05, 0) is 38.5 Å². The highest BCUT2D eigenvalue weighted by atomic mass is 16.5. The van der Waals surface area contributed by atoms with Gasteiger partial charge in [-0.25, -0.2) is 0 Å². The van der Waals surface area contributed by atoms with E-state index in [4.69, 9.17) is 9.84 Å². The van der Waals surface area contributed by atoms with Gasteiger partial charge in [-0.15, -0.1) is 0 Å². The lowest BCUT2D eigenvalue weighted by atomic mass is 10.1. The van der Waals surface area contributed by atoms with Gasteiger partial charge in [-0.2, -0.15) is 0 Å². The molecule has 0 fully saturated rings. The van der Waals surface area contributed by atoms with Crippen molar-refractivity contribution < 1.29 is 19.4 Å². The lowest BCUT2D eigenvalue weighted by Gasteiger charge is -2.27. The third kappa shape index (κ3) is 4.86. The topological polar surface area (TPSA) is 66.8 Å². The number of ketones is 1. The lowest BCUT2D eigenvalue weighted by Crippen LogP contribution is -2.36. The number of nitrogens with zero attached hydrogens (tertiary/aromatic N) is 1. The minimum Gasteiger partial charge on any atom is -0.496 e. The Balaban J connectivity index is 3.08. The maximum atomic E-state index is 11.5. The molecule has 1 rings (SSSR count). The van der Waals surface area contributed by atoms with Crippen LogP contribution in [-0.2, 0) is 11.3 Å². The van der Waals surface area contributed by atoms with Crippen molar-refractivity contribution in [1.82, 2.24) is 4.90 Å². The maximum Gasteiger partial charge on any atom is 0.317 e. The molecule has 0 radical (unpaired) electrons. The van der Waals surface area contributed by atoms with Crippen molar-refractivity contribution in [3.8, 4) is 5.75 Å². The van der Waals surface area contributed by atoms with Crippen LogP contribution in [-0.4, -0.2) is 41.5 Å². The van der Waals surface area contributed by atoms with Crippen LogP contribution in [0, 0.1) is 0 Å². The van der Waals surface area contributed by atoms with Gasteiger partial charge in [0, 0.05) is 23.7 Å². The minimum atomic E-state index is -0.864. The Morgan fingerprint density at radius 2 is 2.05 bits per heavy atom. The molecule has 0 saturated carbocycles. The van der Waals surface area contributed by atoms with E-state index in [1.807, 2.05) is 18.7 Å². The molecule has 0 aliphatic heterocycles. The summed E-state index contributed by atoms with van der Waals surface area (Å²) < 4.78 is 5.31. The van der Waals surface area contributed by atoms with Gasteiger partial charge in [0.05, 0.1) is 13.7 Å². The Hall–Kier alpha value is -1.88. The van der Waals surface area contributed by atoms with E-state index >= 15 is 0 Å². The predicted molar refractivity (Wildman–Crippen MR) is 80.8 cm³/mol. The normalized spacial score (nSPS) is 12.2.